The van der Waals surface area contributed by atoms with Crippen LogP contribution in [0, 0.1) is 5.92 Å². The van der Waals surface area contributed by atoms with Gasteiger partial charge < -0.3 is 20.1 Å². The number of carbonyl (C=O) groups is 1. The lowest BCUT2D eigenvalue weighted by Gasteiger charge is -2.20. The summed E-state index contributed by atoms with van der Waals surface area (Å²) in [6, 6.07) is 0.827. The van der Waals surface area contributed by atoms with Crippen molar-refractivity contribution in [2.75, 3.05) is 13.7 Å². The number of amides is 2. The van der Waals surface area contributed by atoms with Crippen LogP contribution in [0.5, 0.6) is 5.88 Å². The van der Waals surface area contributed by atoms with E-state index in [-0.39, 0.29) is 18.8 Å². The van der Waals surface area contributed by atoms with Gasteiger partial charge in [0, 0.05) is 32.0 Å². The molecular weight excluding hydrogens is 384 g/mol. The van der Waals surface area contributed by atoms with Crippen LogP contribution < -0.4 is 15.4 Å². The molecule has 0 aliphatic heterocycles. The van der Waals surface area contributed by atoms with Gasteiger partial charge in [0.15, 0.2) is 0 Å². The Balaban J connectivity index is 1.86. The largest absolute Gasteiger partial charge is 0.462 e. The molecule has 0 unspecified atom stereocenters. The molecule has 2 rings (SSSR count). The Morgan fingerprint density at radius 3 is 2.59 bits per heavy atom. The zero-order valence-corrected chi connectivity index (χ0v) is 14.0. The summed E-state index contributed by atoms with van der Waals surface area (Å²) in [5.41, 5.74) is 0.358. The highest BCUT2D eigenvalue weighted by molar-refractivity contribution is 5.74. The Morgan fingerprint density at radius 1 is 1.33 bits per heavy atom. The minimum Gasteiger partial charge on any atom is -0.462 e. The van der Waals surface area contributed by atoms with Gasteiger partial charge in [-0.15, -0.1) is 0 Å². The van der Waals surface area contributed by atoms with Crippen molar-refractivity contribution in [1.29, 1.82) is 0 Å². The summed E-state index contributed by atoms with van der Waals surface area (Å²) >= 11 is 0. The zero-order chi connectivity index (χ0) is 20.2. The third-order valence-corrected chi connectivity index (χ3v) is 3.73. The van der Waals surface area contributed by atoms with E-state index in [4.69, 9.17) is 4.74 Å². The second-order valence-corrected chi connectivity index (χ2v) is 5.92. The number of rotatable bonds is 7. The van der Waals surface area contributed by atoms with Crippen molar-refractivity contribution < 1.29 is 40.6 Å². The molecule has 1 aliphatic carbocycles. The van der Waals surface area contributed by atoms with Gasteiger partial charge in [0.1, 0.15) is 0 Å². The molecule has 12 heteroatoms. The summed E-state index contributed by atoms with van der Waals surface area (Å²) < 4.78 is 84.9. The number of hydrogen-bond acceptors (Lipinski definition) is 4. The Morgan fingerprint density at radius 2 is 2.04 bits per heavy atom. The Hall–Kier alpha value is -2.24. The Kier molecular flexibility index (Phi) is 6.39. The van der Waals surface area contributed by atoms with Crippen LogP contribution >= 0.6 is 0 Å². The molecule has 0 spiro atoms. The molecule has 2 N–H and O–H groups in total. The van der Waals surface area contributed by atoms with Gasteiger partial charge in [-0.05, 0) is 18.1 Å². The topological polar surface area (TPSA) is 72.5 Å². The molecule has 27 heavy (non-hydrogen) atoms. The molecule has 0 bridgehead atoms. The maximum absolute atomic E-state index is 12.8. The van der Waals surface area contributed by atoms with Crippen LogP contribution in [0.4, 0.5) is 31.1 Å². The maximum atomic E-state index is 12.8. The van der Waals surface area contributed by atoms with E-state index in [1.165, 1.54) is 18.3 Å². The van der Waals surface area contributed by atoms with Gasteiger partial charge in [0.05, 0.1) is 12.5 Å². The quantitative estimate of drug-likeness (QED) is 0.690. The molecule has 6 nitrogen and oxygen atoms in total. The van der Waals surface area contributed by atoms with E-state index in [9.17, 15) is 31.1 Å². The summed E-state index contributed by atoms with van der Waals surface area (Å²) in [5, 5.41) is 4.51. The minimum atomic E-state index is -4.66. The van der Waals surface area contributed by atoms with Gasteiger partial charge in [0.25, 0.3) is 0 Å². The lowest BCUT2D eigenvalue weighted by Crippen LogP contribution is -2.39. The third-order valence-electron chi connectivity index (χ3n) is 3.73. The first-order chi connectivity index (χ1) is 12.5. The molecule has 1 saturated carbocycles. The smallest absolute Gasteiger partial charge is 0.427 e. The molecular formula is C15H17F6N3O3. The zero-order valence-electron chi connectivity index (χ0n) is 14.0. The Labute approximate surface area is 150 Å². The SMILES string of the molecule is COC[C@@H](Oc1cc(CNC(=O)N[C@@H]2C[C@H]2C(F)(F)F)ccn1)C(F)(F)F. The van der Waals surface area contributed by atoms with Gasteiger partial charge in [-0.2, -0.15) is 26.3 Å². The molecule has 3 atom stereocenters. The van der Waals surface area contributed by atoms with E-state index in [0.717, 1.165) is 7.11 Å². The Bertz CT molecular complexity index is 652. The summed E-state index contributed by atoms with van der Waals surface area (Å²) in [6.45, 7) is -0.854. The van der Waals surface area contributed by atoms with Crippen LogP contribution in [0.25, 0.3) is 0 Å². The average Bonchev–Trinajstić information content (AvgIpc) is 3.31. The lowest BCUT2D eigenvalue weighted by molar-refractivity contribution is -0.207. The van der Waals surface area contributed by atoms with E-state index >= 15 is 0 Å². The van der Waals surface area contributed by atoms with Gasteiger partial charge in [-0.1, -0.05) is 0 Å². The number of nitrogens with zero attached hydrogens (tertiary/aromatic N) is 1. The van der Waals surface area contributed by atoms with Crippen LogP contribution in [0.1, 0.15) is 12.0 Å². The highest BCUT2D eigenvalue weighted by atomic mass is 19.4. The fourth-order valence-corrected chi connectivity index (χ4v) is 2.24. The standard InChI is InChI=1S/C15H17F6N3O3/c1-26-7-11(15(19,20)21)27-12-4-8(2-3-22-12)6-23-13(25)24-10-5-9(10)14(16,17)18/h2-4,9-11H,5-7H2,1H3,(H2,23,24,25)/t9-,10-,11-/m1/s1. The summed E-state index contributed by atoms with van der Waals surface area (Å²) in [5.74, 6) is -1.88. The highest BCUT2D eigenvalue weighted by Crippen LogP contribution is 2.44. The number of methoxy groups -OCH3 is 1. The molecule has 1 heterocycles. The number of halogens is 6. The number of carbonyl (C=O) groups excluding carboxylic acids is 1. The van der Waals surface area contributed by atoms with Gasteiger partial charge in [0.2, 0.25) is 12.0 Å². The number of hydrogen-bond donors (Lipinski definition) is 2. The fourth-order valence-electron chi connectivity index (χ4n) is 2.24. The number of nitrogens with one attached hydrogen (secondary N) is 2. The van der Waals surface area contributed by atoms with Crippen molar-refractivity contribution in [1.82, 2.24) is 15.6 Å². The third kappa shape index (κ3) is 6.45. The number of aromatic nitrogens is 1. The predicted octanol–water partition coefficient (Wildman–Crippen LogP) is 2.79. The first-order valence-corrected chi connectivity index (χ1v) is 7.79. The average molecular weight is 401 g/mol. The van der Waals surface area contributed by atoms with E-state index in [1.54, 1.807) is 0 Å². The molecule has 1 aromatic heterocycles. The van der Waals surface area contributed by atoms with Crippen molar-refractivity contribution in [2.45, 2.75) is 37.5 Å². The monoisotopic (exact) mass is 401 g/mol. The summed E-state index contributed by atoms with van der Waals surface area (Å²) in [6.07, 6.45) is -10.2. The van der Waals surface area contributed by atoms with Crippen LogP contribution in [0.15, 0.2) is 18.3 Å². The summed E-state index contributed by atoms with van der Waals surface area (Å²) in [7, 11) is 1.09. The second kappa shape index (κ2) is 8.19. The highest BCUT2D eigenvalue weighted by Gasteiger charge is 2.56. The fraction of sp³-hybridized carbons (Fsp3) is 0.600. The maximum Gasteiger partial charge on any atom is 0.427 e. The molecule has 2 amide bonds. The molecule has 0 saturated heterocycles. The van der Waals surface area contributed by atoms with Crippen molar-refractivity contribution in [3.05, 3.63) is 23.9 Å². The van der Waals surface area contributed by atoms with E-state index in [1.807, 2.05) is 0 Å². The van der Waals surface area contributed by atoms with Crippen molar-refractivity contribution in [2.24, 2.45) is 5.92 Å². The number of urea groups is 1. The van der Waals surface area contributed by atoms with Crippen LogP contribution in [0.3, 0.4) is 0 Å². The van der Waals surface area contributed by atoms with Gasteiger partial charge in [-0.3, -0.25) is 0 Å². The summed E-state index contributed by atoms with van der Waals surface area (Å²) in [4.78, 5) is 15.3. The van der Waals surface area contributed by atoms with E-state index < -0.39 is 43.1 Å². The normalized spacial score (nSPS) is 20.7. The van der Waals surface area contributed by atoms with E-state index in [2.05, 4.69) is 20.4 Å². The molecule has 0 aromatic carbocycles. The molecule has 1 aliphatic rings. The lowest BCUT2D eigenvalue weighted by atomic mass is 10.2. The number of ether oxygens (including phenoxy) is 2. The minimum absolute atomic E-state index is 0.130. The molecule has 1 aromatic rings. The molecule has 0 radical (unpaired) electrons. The number of alkyl halides is 6. The van der Waals surface area contributed by atoms with Crippen molar-refractivity contribution in [3.63, 3.8) is 0 Å². The van der Waals surface area contributed by atoms with Gasteiger partial charge >= 0.3 is 18.4 Å². The first kappa shape index (κ1) is 21.1. The molecule has 1 fully saturated rings. The van der Waals surface area contributed by atoms with Gasteiger partial charge in [-0.25, -0.2) is 9.78 Å². The first-order valence-electron chi connectivity index (χ1n) is 7.79. The van der Waals surface area contributed by atoms with Crippen molar-refractivity contribution in [3.8, 4) is 5.88 Å². The predicted molar refractivity (Wildman–Crippen MR) is 79.9 cm³/mol. The van der Waals surface area contributed by atoms with Crippen LogP contribution in [-0.4, -0.2) is 49.2 Å². The van der Waals surface area contributed by atoms with Crippen molar-refractivity contribution >= 4 is 6.03 Å². The number of pyridine rings is 1. The van der Waals surface area contributed by atoms with Crippen LogP contribution in [-0.2, 0) is 11.3 Å². The van der Waals surface area contributed by atoms with Crippen LogP contribution in [0.2, 0.25) is 0 Å². The molecule has 152 valence electrons. The van der Waals surface area contributed by atoms with E-state index in [0.29, 0.717) is 5.56 Å². The second-order valence-electron chi connectivity index (χ2n) is 5.92.